The van der Waals surface area contributed by atoms with Gasteiger partial charge >= 0.3 is 0 Å². The van der Waals surface area contributed by atoms with Crippen LogP contribution in [0.1, 0.15) is 5.56 Å². The minimum absolute atomic E-state index is 0.241. The molecule has 0 saturated heterocycles. The highest BCUT2D eigenvalue weighted by atomic mass is 79.9. The summed E-state index contributed by atoms with van der Waals surface area (Å²) in [6.07, 6.45) is 0. The van der Waals surface area contributed by atoms with Crippen LogP contribution in [0.4, 0.5) is 0 Å². The summed E-state index contributed by atoms with van der Waals surface area (Å²) in [7, 11) is 0. The number of hydrogen-bond acceptors (Lipinski definition) is 3. The van der Waals surface area contributed by atoms with Gasteiger partial charge in [-0.25, -0.2) is 0 Å². The van der Waals surface area contributed by atoms with Crippen molar-refractivity contribution in [2.45, 2.75) is 6.92 Å². The summed E-state index contributed by atoms with van der Waals surface area (Å²) < 4.78 is 12.1. The summed E-state index contributed by atoms with van der Waals surface area (Å²) in [4.78, 5) is 0. The molecule has 0 heterocycles. The van der Waals surface area contributed by atoms with Crippen LogP contribution in [0.2, 0.25) is 0 Å². The van der Waals surface area contributed by atoms with Crippen LogP contribution in [0.25, 0.3) is 0 Å². The average molecular weight is 323 g/mol. The fraction of sp³-hybridized carbons (Fsp3) is 0.200. The van der Waals surface area contributed by atoms with Gasteiger partial charge in [-0.2, -0.15) is 0 Å². The lowest BCUT2D eigenvalue weighted by molar-refractivity contribution is 0.215. The quantitative estimate of drug-likeness (QED) is 0.848. The molecular weight excluding hydrogens is 308 g/mol. The maximum absolute atomic E-state index is 9.55. The van der Waals surface area contributed by atoms with E-state index < -0.39 is 0 Å². The van der Waals surface area contributed by atoms with Gasteiger partial charge in [0.15, 0.2) is 0 Å². The van der Waals surface area contributed by atoms with Crippen LogP contribution in [-0.2, 0) is 0 Å². The van der Waals surface area contributed by atoms with Crippen LogP contribution in [0.5, 0.6) is 17.2 Å². The number of phenolic OH excluding ortho intramolecular Hbond substituents is 1. The SMILES string of the molecule is Cc1c(O)cccc1OCCOc1cccc(Br)c1. The maximum Gasteiger partial charge on any atom is 0.126 e. The van der Waals surface area contributed by atoms with Gasteiger partial charge in [-0.15, -0.1) is 0 Å². The number of benzene rings is 2. The van der Waals surface area contributed by atoms with E-state index in [4.69, 9.17) is 9.47 Å². The molecule has 100 valence electrons. The van der Waals surface area contributed by atoms with Crippen molar-refractivity contribution in [3.05, 3.63) is 52.5 Å². The van der Waals surface area contributed by atoms with Gasteiger partial charge in [0.1, 0.15) is 30.5 Å². The van der Waals surface area contributed by atoms with Crippen molar-refractivity contribution in [1.82, 2.24) is 0 Å². The lowest BCUT2D eigenvalue weighted by Crippen LogP contribution is -2.09. The van der Waals surface area contributed by atoms with Crippen molar-refractivity contribution < 1.29 is 14.6 Å². The molecule has 0 amide bonds. The summed E-state index contributed by atoms with van der Waals surface area (Å²) >= 11 is 3.39. The molecule has 0 fully saturated rings. The molecule has 0 aliphatic carbocycles. The van der Waals surface area contributed by atoms with Crippen molar-refractivity contribution >= 4 is 15.9 Å². The molecule has 0 spiro atoms. The highest BCUT2D eigenvalue weighted by molar-refractivity contribution is 9.10. The standard InChI is InChI=1S/C15H15BrO3/c1-11-14(17)6-3-7-15(11)19-9-8-18-13-5-2-4-12(16)10-13/h2-7,10,17H,8-9H2,1H3. The molecule has 2 aromatic rings. The Morgan fingerprint density at radius 3 is 2.58 bits per heavy atom. The Labute approximate surface area is 120 Å². The lowest BCUT2D eigenvalue weighted by Gasteiger charge is -2.11. The molecule has 4 heteroatoms. The number of hydrogen-bond donors (Lipinski definition) is 1. The van der Waals surface area contributed by atoms with Crippen molar-refractivity contribution in [3.8, 4) is 17.2 Å². The molecule has 0 aromatic heterocycles. The van der Waals surface area contributed by atoms with Crippen molar-refractivity contribution in [3.63, 3.8) is 0 Å². The Balaban J connectivity index is 1.82. The second-order valence-corrected chi connectivity index (χ2v) is 4.97. The predicted octanol–water partition coefficient (Wildman–Crippen LogP) is 3.92. The van der Waals surface area contributed by atoms with Gasteiger partial charge in [0.2, 0.25) is 0 Å². The van der Waals surface area contributed by atoms with E-state index in [1.54, 1.807) is 12.1 Å². The predicted molar refractivity (Wildman–Crippen MR) is 78.0 cm³/mol. The van der Waals surface area contributed by atoms with Gasteiger partial charge in [0.05, 0.1) is 0 Å². The van der Waals surface area contributed by atoms with E-state index in [9.17, 15) is 5.11 Å². The van der Waals surface area contributed by atoms with E-state index in [-0.39, 0.29) is 5.75 Å². The Morgan fingerprint density at radius 2 is 1.79 bits per heavy atom. The van der Waals surface area contributed by atoms with Gasteiger partial charge in [-0.05, 0) is 37.3 Å². The molecule has 1 N–H and O–H groups in total. The number of ether oxygens (including phenoxy) is 2. The monoisotopic (exact) mass is 322 g/mol. The van der Waals surface area contributed by atoms with Crippen LogP contribution < -0.4 is 9.47 Å². The highest BCUT2D eigenvalue weighted by Gasteiger charge is 2.03. The molecule has 19 heavy (non-hydrogen) atoms. The maximum atomic E-state index is 9.55. The summed E-state index contributed by atoms with van der Waals surface area (Å²) in [6, 6.07) is 12.9. The Kier molecular flexibility index (Phi) is 4.68. The fourth-order valence-electron chi connectivity index (χ4n) is 1.63. The first-order valence-electron chi connectivity index (χ1n) is 5.96. The largest absolute Gasteiger partial charge is 0.508 e. The van der Waals surface area contributed by atoms with Crippen molar-refractivity contribution in [2.75, 3.05) is 13.2 Å². The van der Waals surface area contributed by atoms with Gasteiger partial charge in [-0.1, -0.05) is 28.1 Å². The summed E-state index contributed by atoms with van der Waals surface area (Å²) in [5, 5.41) is 9.55. The van der Waals surface area contributed by atoms with Gasteiger partial charge < -0.3 is 14.6 Å². The van der Waals surface area contributed by atoms with E-state index >= 15 is 0 Å². The third-order valence-corrected chi connectivity index (χ3v) is 3.15. The molecule has 0 aliphatic rings. The Hall–Kier alpha value is -1.68. The third-order valence-electron chi connectivity index (χ3n) is 2.66. The minimum Gasteiger partial charge on any atom is -0.508 e. The Bertz CT molecular complexity index is 555. The molecule has 2 rings (SSSR count). The van der Waals surface area contributed by atoms with Crippen LogP contribution in [0, 0.1) is 6.92 Å². The van der Waals surface area contributed by atoms with Crippen LogP contribution in [0.15, 0.2) is 46.9 Å². The fourth-order valence-corrected chi connectivity index (χ4v) is 2.01. The first-order valence-corrected chi connectivity index (χ1v) is 6.76. The van der Waals surface area contributed by atoms with E-state index in [0.717, 1.165) is 15.8 Å². The lowest BCUT2D eigenvalue weighted by atomic mass is 10.2. The second-order valence-electron chi connectivity index (χ2n) is 4.05. The normalized spacial score (nSPS) is 10.2. The van der Waals surface area contributed by atoms with Gasteiger partial charge in [0, 0.05) is 10.0 Å². The first-order chi connectivity index (χ1) is 9.16. The average Bonchev–Trinajstić information content (AvgIpc) is 2.39. The summed E-state index contributed by atoms with van der Waals surface area (Å²) in [6.45, 7) is 2.70. The molecular formula is C15H15BrO3. The van der Waals surface area contributed by atoms with Gasteiger partial charge in [-0.3, -0.25) is 0 Å². The van der Waals surface area contributed by atoms with E-state index in [2.05, 4.69) is 15.9 Å². The molecule has 0 aliphatic heterocycles. The van der Waals surface area contributed by atoms with Crippen LogP contribution in [0.3, 0.4) is 0 Å². The molecule has 0 atom stereocenters. The zero-order valence-corrected chi connectivity index (χ0v) is 12.2. The van der Waals surface area contributed by atoms with Gasteiger partial charge in [0.25, 0.3) is 0 Å². The highest BCUT2D eigenvalue weighted by Crippen LogP contribution is 2.25. The zero-order valence-electron chi connectivity index (χ0n) is 10.6. The van der Waals surface area contributed by atoms with Crippen LogP contribution >= 0.6 is 15.9 Å². The first kappa shape index (κ1) is 13.7. The number of halogens is 1. The topological polar surface area (TPSA) is 38.7 Å². The molecule has 0 bridgehead atoms. The molecule has 2 aromatic carbocycles. The van der Waals surface area contributed by atoms with Crippen molar-refractivity contribution in [1.29, 1.82) is 0 Å². The molecule has 0 radical (unpaired) electrons. The number of aromatic hydroxyl groups is 1. The van der Waals surface area contributed by atoms with E-state index in [1.165, 1.54) is 0 Å². The smallest absolute Gasteiger partial charge is 0.126 e. The zero-order chi connectivity index (χ0) is 13.7. The van der Waals surface area contributed by atoms with E-state index in [1.807, 2.05) is 37.3 Å². The number of phenols is 1. The molecule has 0 unspecified atom stereocenters. The molecule has 0 saturated carbocycles. The van der Waals surface area contributed by atoms with Crippen molar-refractivity contribution in [2.24, 2.45) is 0 Å². The number of rotatable bonds is 5. The third kappa shape index (κ3) is 3.89. The van der Waals surface area contributed by atoms with E-state index in [0.29, 0.717) is 19.0 Å². The Morgan fingerprint density at radius 1 is 1.05 bits per heavy atom. The van der Waals surface area contributed by atoms with Crippen LogP contribution in [-0.4, -0.2) is 18.3 Å². The minimum atomic E-state index is 0.241. The molecule has 3 nitrogen and oxygen atoms in total. The summed E-state index contributed by atoms with van der Waals surface area (Å²) in [5.74, 6) is 1.72. The second kappa shape index (κ2) is 6.48. The summed E-state index contributed by atoms with van der Waals surface area (Å²) in [5.41, 5.74) is 0.741.